The molecule has 56 valence electrons. The fraction of sp³-hybridized carbons (Fsp3) is 0.500. The van der Waals surface area contributed by atoms with Crippen molar-refractivity contribution in [2.24, 2.45) is 0 Å². The number of hydrogen-bond donors (Lipinski definition) is 0. The van der Waals surface area contributed by atoms with E-state index in [9.17, 15) is 4.55 Å². The Balaban J connectivity index is 2.78. The molecule has 0 bridgehead atoms. The largest absolute Gasteiger partial charge is 0.608 e. The van der Waals surface area contributed by atoms with E-state index in [1.165, 1.54) is 6.26 Å². The summed E-state index contributed by atoms with van der Waals surface area (Å²) in [5.41, 5.74) is 0.852. The van der Waals surface area contributed by atoms with Gasteiger partial charge in [-0.25, -0.2) is 0 Å². The maximum atomic E-state index is 10.7. The van der Waals surface area contributed by atoms with Gasteiger partial charge in [0.2, 0.25) is 0 Å². The highest BCUT2D eigenvalue weighted by Gasteiger charge is 2.11. The third-order valence-corrected chi connectivity index (χ3v) is 1.82. The summed E-state index contributed by atoms with van der Waals surface area (Å²) >= 11 is -1.09. The SMILES string of the molecule is CCc1coc([S+](C)[O-])n1. The molecular formula is C6H9NO2S. The van der Waals surface area contributed by atoms with Crippen LogP contribution in [0.2, 0.25) is 0 Å². The summed E-state index contributed by atoms with van der Waals surface area (Å²) in [6.07, 6.45) is 3.91. The van der Waals surface area contributed by atoms with Crippen LogP contribution in [0.4, 0.5) is 0 Å². The van der Waals surface area contributed by atoms with E-state index in [4.69, 9.17) is 4.42 Å². The lowest BCUT2D eigenvalue weighted by Crippen LogP contribution is -1.97. The molecule has 0 saturated heterocycles. The molecule has 1 heterocycles. The van der Waals surface area contributed by atoms with E-state index in [-0.39, 0.29) is 0 Å². The molecule has 1 unspecified atom stereocenters. The fourth-order valence-electron chi connectivity index (χ4n) is 0.583. The van der Waals surface area contributed by atoms with Crippen molar-refractivity contribution in [1.82, 2.24) is 4.98 Å². The highest BCUT2D eigenvalue weighted by Crippen LogP contribution is 2.07. The first-order chi connectivity index (χ1) is 4.74. The predicted octanol–water partition coefficient (Wildman–Crippen LogP) is 0.974. The van der Waals surface area contributed by atoms with Crippen molar-refractivity contribution in [3.05, 3.63) is 12.0 Å². The molecule has 1 atom stereocenters. The lowest BCUT2D eigenvalue weighted by Gasteiger charge is -1.93. The molecule has 0 N–H and O–H groups in total. The first-order valence-corrected chi connectivity index (χ1v) is 4.57. The van der Waals surface area contributed by atoms with Crippen LogP contribution in [-0.4, -0.2) is 15.8 Å². The van der Waals surface area contributed by atoms with Gasteiger partial charge in [-0.1, -0.05) is 6.92 Å². The summed E-state index contributed by atoms with van der Waals surface area (Å²) < 4.78 is 15.6. The first kappa shape index (κ1) is 7.63. The standard InChI is InChI=1S/C6H9NO2S/c1-3-5-4-9-6(7-5)10(2)8/h4H,3H2,1-2H3. The molecule has 1 aromatic heterocycles. The average Bonchev–Trinajstić information content (AvgIpc) is 2.34. The van der Waals surface area contributed by atoms with Crippen LogP contribution in [-0.2, 0) is 17.6 Å². The van der Waals surface area contributed by atoms with Gasteiger partial charge in [-0.2, -0.15) is 4.98 Å². The molecule has 0 spiro atoms. The molecule has 1 rings (SSSR count). The zero-order chi connectivity index (χ0) is 7.56. The monoisotopic (exact) mass is 159 g/mol. The van der Waals surface area contributed by atoms with Gasteiger partial charge in [0.15, 0.2) is 0 Å². The van der Waals surface area contributed by atoms with Crippen LogP contribution in [0, 0.1) is 0 Å². The maximum Gasteiger partial charge on any atom is 0.414 e. The highest BCUT2D eigenvalue weighted by atomic mass is 32.2. The van der Waals surface area contributed by atoms with Gasteiger partial charge in [0.05, 0.1) is 5.69 Å². The van der Waals surface area contributed by atoms with Crippen LogP contribution in [0.15, 0.2) is 15.9 Å². The van der Waals surface area contributed by atoms with Crippen molar-refractivity contribution in [3.63, 3.8) is 0 Å². The summed E-state index contributed by atoms with van der Waals surface area (Å²) in [5, 5.41) is 0.317. The normalized spacial score (nSPS) is 13.5. The van der Waals surface area contributed by atoms with Crippen molar-refractivity contribution in [2.45, 2.75) is 18.6 Å². The van der Waals surface area contributed by atoms with E-state index >= 15 is 0 Å². The second kappa shape index (κ2) is 3.07. The summed E-state index contributed by atoms with van der Waals surface area (Å²) in [4.78, 5) is 3.96. The van der Waals surface area contributed by atoms with E-state index in [1.807, 2.05) is 6.92 Å². The molecule has 0 aliphatic rings. The molecule has 0 fully saturated rings. The Morgan fingerprint density at radius 2 is 2.50 bits per heavy atom. The Labute approximate surface area is 62.6 Å². The minimum Gasteiger partial charge on any atom is -0.608 e. The van der Waals surface area contributed by atoms with Crippen LogP contribution in [0.25, 0.3) is 0 Å². The van der Waals surface area contributed by atoms with Crippen LogP contribution in [0.3, 0.4) is 0 Å². The second-order valence-corrected chi connectivity index (χ2v) is 3.17. The molecule has 3 nitrogen and oxygen atoms in total. The Kier molecular flexibility index (Phi) is 2.34. The molecule has 0 amide bonds. The number of rotatable bonds is 2. The Hall–Kier alpha value is -0.480. The fourth-order valence-corrected chi connectivity index (χ4v) is 1.01. The van der Waals surface area contributed by atoms with Gasteiger partial charge >= 0.3 is 5.22 Å². The van der Waals surface area contributed by atoms with Crippen LogP contribution >= 0.6 is 0 Å². The van der Waals surface area contributed by atoms with Crippen LogP contribution in [0.1, 0.15) is 12.6 Å². The number of oxazole rings is 1. The molecule has 0 saturated carbocycles. The predicted molar refractivity (Wildman–Crippen MR) is 38.2 cm³/mol. The summed E-state index contributed by atoms with van der Waals surface area (Å²) in [6, 6.07) is 0. The van der Waals surface area contributed by atoms with Crippen molar-refractivity contribution >= 4 is 11.2 Å². The molecule has 0 aliphatic carbocycles. The Morgan fingerprint density at radius 1 is 1.80 bits per heavy atom. The molecule has 0 radical (unpaired) electrons. The average molecular weight is 159 g/mol. The van der Waals surface area contributed by atoms with Gasteiger partial charge in [0.1, 0.15) is 12.5 Å². The molecule has 4 heteroatoms. The van der Waals surface area contributed by atoms with E-state index in [2.05, 4.69) is 4.98 Å². The molecule has 10 heavy (non-hydrogen) atoms. The van der Waals surface area contributed by atoms with E-state index in [1.54, 1.807) is 6.26 Å². The minimum absolute atomic E-state index is 0.317. The number of hydrogen-bond acceptors (Lipinski definition) is 3. The zero-order valence-corrected chi connectivity index (χ0v) is 6.77. The highest BCUT2D eigenvalue weighted by molar-refractivity contribution is 7.90. The van der Waals surface area contributed by atoms with Gasteiger partial charge in [-0.05, 0) is 6.42 Å². The van der Waals surface area contributed by atoms with Crippen molar-refractivity contribution in [3.8, 4) is 0 Å². The number of aryl methyl sites for hydroxylation is 1. The van der Waals surface area contributed by atoms with Crippen molar-refractivity contribution < 1.29 is 8.97 Å². The molecule has 1 aromatic rings. The van der Waals surface area contributed by atoms with Gasteiger partial charge in [0.25, 0.3) is 0 Å². The third-order valence-electron chi connectivity index (χ3n) is 1.14. The second-order valence-electron chi connectivity index (χ2n) is 1.91. The van der Waals surface area contributed by atoms with E-state index in [0.29, 0.717) is 5.22 Å². The summed E-state index contributed by atoms with van der Waals surface area (Å²) in [7, 11) is 0. The van der Waals surface area contributed by atoms with Crippen molar-refractivity contribution in [2.75, 3.05) is 6.26 Å². The lowest BCUT2D eigenvalue weighted by atomic mass is 10.4. The van der Waals surface area contributed by atoms with Crippen LogP contribution < -0.4 is 0 Å². The Morgan fingerprint density at radius 3 is 2.80 bits per heavy atom. The van der Waals surface area contributed by atoms with Gasteiger partial charge in [-0.3, -0.25) is 0 Å². The quantitative estimate of drug-likeness (QED) is 0.604. The lowest BCUT2D eigenvalue weighted by molar-refractivity contribution is 0.432. The Bertz CT molecular complexity index is 209. The molecular weight excluding hydrogens is 150 g/mol. The van der Waals surface area contributed by atoms with Gasteiger partial charge < -0.3 is 8.97 Å². The van der Waals surface area contributed by atoms with Gasteiger partial charge in [0, 0.05) is 11.2 Å². The van der Waals surface area contributed by atoms with Gasteiger partial charge in [-0.15, -0.1) is 0 Å². The van der Waals surface area contributed by atoms with E-state index in [0.717, 1.165) is 12.1 Å². The zero-order valence-electron chi connectivity index (χ0n) is 5.96. The summed E-state index contributed by atoms with van der Waals surface area (Å²) in [6.45, 7) is 1.97. The maximum absolute atomic E-state index is 10.7. The van der Waals surface area contributed by atoms with Crippen molar-refractivity contribution in [1.29, 1.82) is 0 Å². The van der Waals surface area contributed by atoms with E-state index < -0.39 is 11.2 Å². The third kappa shape index (κ3) is 1.52. The van der Waals surface area contributed by atoms with Crippen LogP contribution in [0.5, 0.6) is 0 Å². The first-order valence-electron chi connectivity index (χ1n) is 3.02. The molecule has 0 aromatic carbocycles. The minimum atomic E-state index is -1.09. The number of aromatic nitrogens is 1. The smallest absolute Gasteiger partial charge is 0.414 e. The molecule has 0 aliphatic heterocycles. The number of nitrogens with zero attached hydrogens (tertiary/aromatic N) is 1. The topological polar surface area (TPSA) is 49.1 Å². The summed E-state index contributed by atoms with van der Waals surface area (Å²) in [5.74, 6) is 0.